The molecule has 2 saturated heterocycles. The van der Waals surface area contributed by atoms with Crippen molar-refractivity contribution in [2.24, 2.45) is 23.0 Å². The maximum absolute atomic E-state index is 12.8. The van der Waals surface area contributed by atoms with Crippen LogP contribution in [0.1, 0.15) is 122 Å². The smallest absolute Gasteiger partial charge is 0.302 e. The summed E-state index contributed by atoms with van der Waals surface area (Å²) < 4.78 is 18.3. The van der Waals surface area contributed by atoms with E-state index in [1.54, 1.807) is 14.2 Å². The van der Waals surface area contributed by atoms with Crippen LogP contribution in [0.25, 0.3) is 33.5 Å². The Morgan fingerprint density at radius 2 is 1.83 bits per heavy atom. The number of piperidine rings is 1. The molecule has 4 aromatic rings. The number of pyridine rings is 1. The number of esters is 1. The van der Waals surface area contributed by atoms with E-state index in [9.17, 15) is 19.2 Å². The molecule has 0 radical (unpaired) electrons. The Hall–Kier alpha value is -5.67. The zero-order valence-corrected chi connectivity index (χ0v) is 45.2. The van der Waals surface area contributed by atoms with Crippen LogP contribution in [0, 0.1) is 29.1 Å². The first-order chi connectivity index (χ1) is 34.5. The van der Waals surface area contributed by atoms with Gasteiger partial charge in [-0.1, -0.05) is 59.5 Å². The summed E-state index contributed by atoms with van der Waals surface area (Å²) in [6.45, 7) is 24.1. The number of hydrogen-bond donors (Lipinski definition) is 3. The number of ether oxygens (including phenoxy) is 2. The Labute approximate surface area is 432 Å². The number of carbonyl (C=O) groups is 4. The monoisotopic (exact) mass is 1010 g/mol. The van der Waals surface area contributed by atoms with Gasteiger partial charge in [0.25, 0.3) is 0 Å². The molecule has 72 heavy (non-hydrogen) atoms. The van der Waals surface area contributed by atoms with E-state index in [4.69, 9.17) is 29.5 Å². The Morgan fingerprint density at radius 1 is 1.08 bits per heavy atom. The number of hydrogen-bond acceptors (Lipinski definition) is 13. The average molecular weight is 1010 g/mol. The molecular formula is C55H80N10O6S. The van der Waals surface area contributed by atoms with Gasteiger partial charge in [0.2, 0.25) is 18.2 Å². The molecule has 392 valence electrons. The number of amides is 3. The number of benzene rings is 1. The molecule has 3 amide bonds. The maximum atomic E-state index is 12.8. The van der Waals surface area contributed by atoms with Gasteiger partial charge in [-0.2, -0.15) is 4.37 Å². The number of unbranched alkanes of at least 4 members (excludes halogenated alkanes) is 3. The van der Waals surface area contributed by atoms with Crippen molar-refractivity contribution >= 4 is 46.6 Å². The lowest BCUT2D eigenvalue weighted by Gasteiger charge is -2.30. The number of aryl methyl sites for hydroxylation is 2. The van der Waals surface area contributed by atoms with E-state index in [0.717, 1.165) is 128 Å². The minimum absolute atomic E-state index is 0.00965. The quantitative estimate of drug-likeness (QED) is 0.0204. The summed E-state index contributed by atoms with van der Waals surface area (Å²) in [5.41, 5.74) is 17.6. The molecular weight excluding hydrogens is 929 g/mol. The third kappa shape index (κ3) is 15.9. The molecule has 4 N–H and O–H groups in total. The van der Waals surface area contributed by atoms with Crippen LogP contribution < -0.4 is 16.6 Å². The van der Waals surface area contributed by atoms with Crippen LogP contribution in [0.15, 0.2) is 48.8 Å². The third-order valence-corrected chi connectivity index (χ3v) is 14.3. The highest BCUT2D eigenvalue weighted by Gasteiger charge is 2.36. The van der Waals surface area contributed by atoms with Crippen molar-refractivity contribution in [3.05, 3.63) is 65.1 Å². The SMILES string of the molecule is C=C(C#CCN1CCCCC1)N1CCC(C(=O)N(C)C(C(N)=O)C(C)C)C1.CCn1c(-c2cccnc2C(C)OC)c(CC(C)(C)COC(C)=O)c2cc(-c3nsc(CCCCCCNNC=O)n3)ccc21. The maximum Gasteiger partial charge on any atom is 0.302 e. The van der Waals surface area contributed by atoms with Gasteiger partial charge in [0.1, 0.15) is 11.0 Å². The molecule has 2 aliphatic rings. The summed E-state index contributed by atoms with van der Waals surface area (Å²) in [5, 5.41) is 2.17. The minimum atomic E-state index is -0.570. The Balaban J connectivity index is 0.000000304. The van der Waals surface area contributed by atoms with Crippen molar-refractivity contribution in [3.63, 3.8) is 0 Å². The molecule has 17 heteroatoms. The number of allylic oxidation sites excluding steroid dienone is 1. The number of carbonyl (C=O) groups excluding carboxylic acids is 4. The van der Waals surface area contributed by atoms with E-state index in [0.29, 0.717) is 26.0 Å². The van der Waals surface area contributed by atoms with Crippen LogP contribution >= 0.6 is 11.5 Å². The van der Waals surface area contributed by atoms with Gasteiger partial charge < -0.3 is 29.6 Å². The number of likely N-dealkylation sites (tertiary alicyclic amines) is 2. The molecule has 6 rings (SSSR count). The third-order valence-electron chi connectivity index (χ3n) is 13.6. The predicted molar refractivity (Wildman–Crippen MR) is 286 cm³/mol. The Bertz CT molecular complexity index is 2500. The van der Waals surface area contributed by atoms with Crippen molar-refractivity contribution in [2.45, 2.75) is 131 Å². The fourth-order valence-electron chi connectivity index (χ4n) is 9.74. The van der Waals surface area contributed by atoms with Gasteiger partial charge in [-0.3, -0.25) is 34.5 Å². The molecule has 3 aromatic heterocycles. The summed E-state index contributed by atoms with van der Waals surface area (Å²) in [6.07, 6.45) is 12.7. The zero-order valence-electron chi connectivity index (χ0n) is 44.4. The van der Waals surface area contributed by atoms with Gasteiger partial charge in [0, 0.05) is 87.3 Å². The molecule has 3 unspecified atom stereocenters. The van der Waals surface area contributed by atoms with Crippen LogP contribution in [0.2, 0.25) is 0 Å². The highest BCUT2D eigenvalue weighted by atomic mass is 32.1. The Kier molecular flexibility index (Phi) is 22.2. The Morgan fingerprint density at radius 3 is 2.51 bits per heavy atom. The van der Waals surface area contributed by atoms with E-state index in [1.165, 1.54) is 48.2 Å². The highest BCUT2D eigenvalue weighted by molar-refractivity contribution is 7.05. The molecule has 0 aliphatic carbocycles. The van der Waals surface area contributed by atoms with Crippen molar-refractivity contribution in [1.82, 2.24) is 44.5 Å². The number of primary amides is 1. The number of aromatic nitrogens is 4. The van der Waals surface area contributed by atoms with Crippen molar-refractivity contribution in [1.29, 1.82) is 0 Å². The number of nitrogens with two attached hydrogens (primary N) is 1. The molecule has 1 aromatic carbocycles. The summed E-state index contributed by atoms with van der Waals surface area (Å²) in [5.74, 6) is 6.22. The topological polar surface area (TPSA) is 190 Å². The first-order valence-corrected chi connectivity index (χ1v) is 26.5. The average Bonchev–Trinajstić information content (AvgIpc) is 4.12. The summed E-state index contributed by atoms with van der Waals surface area (Å²) in [4.78, 5) is 62.2. The molecule has 0 bridgehead atoms. The van der Waals surface area contributed by atoms with Crippen LogP contribution in [0.4, 0.5) is 0 Å². The van der Waals surface area contributed by atoms with Gasteiger partial charge in [0.05, 0.1) is 42.3 Å². The lowest BCUT2D eigenvalue weighted by Crippen LogP contribution is -2.50. The van der Waals surface area contributed by atoms with E-state index in [1.807, 2.05) is 33.0 Å². The van der Waals surface area contributed by atoms with Crippen LogP contribution in [-0.2, 0) is 48.0 Å². The number of likely N-dealkylation sites (N-methyl/N-ethyl adjacent to an activating group) is 1. The number of fused-ring (bicyclic) bond motifs is 1. The normalized spacial score (nSPS) is 15.8. The van der Waals surface area contributed by atoms with E-state index in [-0.39, 0.29) is 35.2 Å². The van der Waals surface area contributed by atoms with E-state index >= 15 is 0 Å². The second-order valence-electron chi connectivity index (χ2n) is 20.2. The fraction of sp³-hybridized carbons (Fsp3) is 0.582. The van der Waals surface area contributed by atoms with Gasteiger partial charge in [0.15, 0.2) is 5.82 Å². The predicted octanol–water partition coefficient (Wildman–Crippen LogP) is 7.71. The van der Waals surface area contributed by atoms with Gasteiger partial charge >= 0.3 is 5.97 Å². The van der Waals surface area contributed by atoms with Crippen LogP contribution in [0.5, 0.6) is 0 Å². The summed E-state index contributed by atoms with van der Waals surface area (Å²) in [6, 6.07) is 10.0. The molecule has 0 spiro atoms. The van der Waals surface area contributed by atoms with Crippen molar-refractivity contribution in [2.75, 3.05) is 60.0 Å². The molecule has 2 fully saturated rings. The number of hydrazine groups is 1. The largest absolute Gasteiger partial charge is 0.465 e. The highest BCUT2D eigenvalue weighted by Crippen LogP contribution is 2.41. The number of methoxy groups -OCH3 is 1. The first-order valence-electron chi connectivity index (χ1n) is 25.7. The van der Waals surface area contributed by atoms with E-state index < -0.39 is 11.9 Å². The fourth-order valence-corrected chi connectivity index (χ4v) is 10.4. The van der Waals surface area contributed by atoms with Gasteiger partial charge in [-0.15, -0.1) is 0 Å². The second-order valence-corrected chi connectivity index (χ2v) is 21.0. The molecule has 0 saturated carbocycles. The van der Waals surface area contributed by atoms with Crippen LogP contribution in [-0.4, -0.2) is 124 Å². The van der Waals surface area contributed by atoms with E-state index in [2.05, 4.69) is 88.7 Å². The number of rotatable bonds is 24. The molecule has 16 nitrogen and oxygen atoms in total. The molecule has 5 heterocycles. The minimum Gasteiger partial charge on any atom is -0.465 e. The summed E-state index contributed by atoms with van der Waals surface area (Å²) in [7, 11) is 3.38. The first kappa shape index (κ1) is 57.2. The van der Waals surface area contributed by atoms with Crippen molar-refractivity contribution < 1.29 is 28.7 Å². The molecule has 2 aliphatic heterocycles. The standard InChI is InChI=1S/C34H46N6O4S.C21H34N4O2/c1-7-40-29-16-15-25(33-38-30(45-39-33)14-10-8-9-11-18-36-37-22-41)19-27(29)28(20-34(4,5)21-44-24(3)42)32(40)26-13-12-17-35-31(26)23(2)43-6;1-16(2)19(20(22)26)23(4)21(27)18-10-14-25(15-18)17(3)9-8-13-24-11-6-5-7-12-24/h12-13,15-17,19,22-23,36H,7-11,14,18,20-21H2,1-6H3,(H,37,41);16,18-19H,3,5-7,10-15H2,1-2,4H3,(H2,22,26). The van der Waals surface area contributed by atoms with Gasteiger partial charge in [-0.05, 0) is 125 Å². The second kappa shape index (κ2) is 28.0. The number of nitrogens with one attached hydrogen (secondary N) is 2. The number of nitrogens with zero attached hydrogens (tertiary/aromatic N) is 7. The lowest BCUT2D eigenvalue weighted by atomic mass is 9.84. The van der Waals surface area contributed by atoms with Crippen molar-refractivity contribution in [3.8, 4) is 34.5 Å². The zero-order chi connectivity index (χ0) is 52.4. The van der Waals surface area contributed by atoms with Crippen LogP contribution in [0.3, 0.4) is 0 Å². The lowest BCUT2D eigenvalue weighted by molar-refractivity contribution is -0.144. The molecule has 3 atom stereocenters. The summed E-state index contributed by atoms with van der Waals surface area (Å²) >= 11 is 1.47. The van der Waals surface area contributed by atoms with Gasteiger partial charge in [-0.25, -0.2) is 10.4 Å².